The molecule has 2 radical (unpaired) electrons. The normalized spacial score (nSPS) is 11.0. The number of benzene rings is 1. The summed E-state index contributed by atoms with van der Waals surface area (Å²) in [6.07, 6.45) is 0. The van der Waals surface area contributed by atoms with Gasteiger partial charge in [-0.2, -0.15) is 5.10 Å². The van der Waals surface area contributed by atoms with Crippen molar-refractivity contribution < 1.29 is 4.79 Å². The lowest BCUT2D eigenvalue weighted by atomic mass is 9.92. The molecule has 0 saturated carbocycles. The molecule has 1 amide bonds. The van der Waals surface area contributed by atoms with E-state index in [0.29, 0.717) is 10.8 Å². The van der Waals surface area contributed by atoms with Crippen molar-refractivity contribution in [1.29, 1.82) is 0 Å². The van der Waals surface area contributed by atoms with Gasteiger partial charge in [0.25, 0.3) is 5.56 Å². The van der Waals surface area contributed by atoms with Crippen LogP contribution in [0.1, 0.15) is 25.5 Å². The van der Waals surface area contributed by atoms with Crippen LogP contribution in [0.15, 0.2) is 23.0 Å². The molecule has 0 atom stereocenters. The van der Waals surface area contributed by atoms with Gasteiger partial charge in [0.05, 0.1) is 11.1 Å². The van der Waals surface area contributed by atoms with Crippen molar-refractivity contribution in [3.8, 4) is 0 Å². The third-order valence-electron chi connectivity index (χ3n) is 3.13. The standard InChI is InChI=1S/C14H16BN3O2/c1-8(2)13-11-6-9(15)4-5-10(11)14(20)18(17-13)7-12(19)16-3/h4-6,8H,7H2,1-3H3,(H,16,19). The Balaban J connectivity index is 2.73. The molecule has 0 aliphatic carbocycles. The number of hydrogen-bond donors (Lipinski definition) is 1. The van der Waals surface area contributed by atoms with Crippen molar-refractivity contribution in [1.82, 2.24) is 15.1 Å². The zero-order valence-corrected chi connectivity index (χ0v) is 11.8. The summed E-state index contributed by atoms with van der Waals surface area (Å²) in [6, 6.07) is 5.11. The minimum absolute atomic E-state index is 0.0879. The molecule has 2 aromatic rings. The van der Waals surface area contributed by atoms with Crippen LogP contribution in [0.25, 0.3) is 10.8 Å². The first kappa shape index (κ1) is 14.3. The number of amides is 1. The Hall–Kier alpha value is -2.11. The molecule has 0 saturated heterocycles. The van der Waals surface area contributed by atoms with Gasteiger partial charge < -0.3 is 5.32 Å². The van der Waals surface area contributed by atoms with E-state index in [9.17, 15) is 9.59 Å². The molecule has 1 aromatic carbocycles. The average molecular weight is 269 g/mol. The SMILES string of the molecule is [B]c1ccc2c(=O)n(CC(=O)NC)nc(C(C)C)c2c1. The maximum atomic E-state index is 12.3. The van der Waals surface area contributed by atoms with Crippen LogP contribution in [0.3, 0.4) is 0 Å². The number of rotatable bonds is 3. The van der Waals surface area contributed by atoms with Crippen LogP contribution < -0.4 is 16.3 Å². The minimum atomic E-state index is -0.284. The molecule has 102 valence electrons. The Kier molecular flexibility index (Phi) is 3.92. The molecule has 1 N–H and O–H groups in total. The van der Waals surface area contributed by atoms with E-state index in [4.69, 9.17) is 7.85 Å². The van der Waals surface area contributed by atoms with Gasteiger partial charge in [0.1, 0.15) is 14.4 Å². The summed E-state index contributed by atoms with van der Waals surface area (Å²) < 4.78 is 1.20. The number of nitrogens with one attached hydrogen (secondary N) is 1. The summed E-state index contributed by atoms with van der Waals surface area (Å²) in [5.41, 5.74) is 1.06. The highest BCUT2D eigenvalue weighted by Crippen LogP contribution is 2.19. The molecule has 5 nitrogen and oxygen atoms in total. The fourth-order valence-electron chi connectivity index (χ4n) is 2.08. The van der Waals surface area contributed by atoms with Crippen molar-refractivity contribution in [2.75, 3.05) is 7.05 Å². The third kappa shape index (κ3) is 2.59. The molecule has 2 rings (SSSR count). The Bertz CT molecular complexity index is 722. The van der Waals surface area contributed by atoms with E-state index >= 15 is 0 Å². The van der Waals surface area contributed by atoms with Crippen LogP contribution in [0.5, 0.6) is 0 Å². The van der Waals surface area contributed by atoms with Crippen LogP contribution in [0.4, 0.5) is 0 Å². The van der Waals surface area contributed by atoms with Gasteiger partial charge in [0.2, 0.25) is 5.91 Å². The average Bonchev–Trinajstić information content (AvgIpc) is 2.41. The maximum Gasteiger partial charge on any atom is 0.275 e. The highest BCUT2D eigenvalue weighted by molar-refractivity contribution is 6.33. The van der Waals surface area contributed by atoms with Crippen LogP contribution >= 0.6 is 0 Å². The summed E-state index contributed by atoms with van der Waals surface area (Å²) in [5, 5.41) is 8.08. The van der Waals surface area contributed by atoms with Gasteiger partial charge in [-0.1, -0.05) is 31.4 Å². The zero-order valence-electron chi connectivity index (χ0n) is 11.8. The number of nitrogens with zero attached hydrogens (tertiary/aromatic N) is 2. The van der Waals surface area contributed by atoms with E-state index in [1.165, 1.54) is 11.7 Å². The van der Waals surface area contributed by atoms with Crippen LogP contribution in [-0.2, 0) is 11.3 Å². The van der Waals surface area contributed by atoms with Gasteiger partial charge in [-0.05, 0) is 12.0 Å². The fraction of sp³-hybridized carbons (Fsp3) is 0.357. The van der Waals surface area contributed by atoms with E-state index < -0.39 is 0 Å². The smallest absolute Gasteiger partial charge is 0.275 e. The fourth-order valence-corrected chi connectivity index (χ4v) is 2.08. The van der Waals surface area contributed by atoms with Gasteiger partial charge in [-0.15, -0.1) is 0 Å². The Morgan fingerprint density at radius 1 is 1.40 bits per heavy atom. The minimum Gasteiger partial charge on any atom is -0.358 e. The van der Waals surface area contributed by atoms with Crippen LogP contribution in [0, 0.1) is 0 Å². The van der Waals surface area contributed by atoms with Crippen molar-refractivity contribution >= 4 is 30.0 Å². The molecule has 0 aliphatic rings. The lowest BCUT2D eigenvalue weighted by Gasteiger charge is -2.13. The van der Waals surface area contributed by atoms with E-state index in [0.717, 1.165) is 11.1 Å². The van der Waals surface area contributed by atoms with E-state index in [2.05, 4.69) is 10.4 Å². The molecule has 6 heteroatoms. The van der Waals surface area contributed by atoms with Crippen molar-refractivity contribution in [2.24, 2.45) is 0 Å². The first-order chi connectivity index (χ1) is 9.43. The molecular weight excluding hydrogens is 253 g/mol. The molecule has 0 spiro atoms. The largest absolute Gasteiger partial charge is 0.358 e. The van der Waals surface area contributed by atoms with E-state index in [1.54, 1.807) is 18.2 Å². The lowest BCUT2D eigenvalue weighted by Crippen LogP contribution is -2.33. The number of carbonyl (C=O) groups excluding carboxylic acids is 1. The summed E-state index contributed by atoms with van der Waals surface area (Å²) >= 11 is 0. The molecule has 0 fully saturated rings. The molecule has 1 aromatic heterocycles. The number of aromatic nitrogens is 2. The second-order valence-electron chi connectivity index (χ2n) is 4.98. The molecule has 1 heterocycles. The van der Waals surface area contributed by atoms with Crippen molar-refractivity contribution in [3.63, 3.8) is 0 Å². The first-order valence-electron chi connectivity index (χ1n) is 6.45. The molecule has 0 aliphatic heterocycles. The topological polar surface area (TPSA) is 64.0 Å². The van der Waals surface area contributed by atoms with Gasteiger partial charge in [0.15, 0.2) is 0 Å². The highest BCUT2D eigenvalue weighted by Gasteiger charge is 2.14. The molecule has 0 bridgehead atoms. The van der Waals surface area contributed by atoms with Crippen LogP contribution in [-0.4, -0.2) is 30.6 Å². The summed E-state index contributed by atoms with van der Waals surface area (Å²) in [4.78, 5) is 23.8. The Morgan fingerprint density at radius 2 is 2.10 bits per heavy atom. The predicted molar refractivity (Wildman–Crippen MR) is 79.5 cm³/mol. The number of hydrogen-bond acceptors (Lipinski definition) is 3. The molecule has 20 heavy (non-hydrogen) atoms. The predicted octanol–water partition coefficient (Wildman–Crippen LogP) is 0.0597. The van der Waals surface area contributed by atoms with E-state index in [-0.39, 0.29) is 23.9 Å². The first-order valence-corrected chi connectivity index (χ1v) is 6.45. The van der Waals surface area contributed by atoms with Crippen LogP contribution in [0.2, 0.25) is 0 Å². The highest BCUT2D eigenvalue weighted by atomic mass is 16.2. The van der Waals surface area contributed by atoms with Crippen molar-refractivity contribution in [3.05, 3.63) is 34.2 Å². The number of carbonyl (C=O) groups is 1. The second-order valence-corrected chi connectivity index (χ2v) is 4.98. The lowest BCUT2D eigenvalue weighted by molar-refractivity contribution is -0.121. The zero-order chi connectivity index (χ0) is 14.9. The van der Waals surface area contributed by atoms with E-state index in [1.807, 2.05) is 13.8 Å². The summed E-state index contributed by atoms with van der Waals surface area (Å²) in [5.74, 6) is -0.139. The number of likely N-dealkylation sites (N-methyl/N-ethyl adjacent to an activating group) is 1. The number of fused-ring (bicyclic) bond motifs is 1. The third-order valence-corrected chi connectivity index (χ3v) is 3.13. The monoisotopic (exact) mass is 269 g/mol. The maximum absolute atomic E-state index is 12.3. The summed E-state index contributed by atoms with van der Waals surface area (Å²) in [7, 11) is 7.31. The Labute approximate surface area is 118 Å². The van der Waals surface area contributed by atoms with Gasteiger partial charge in [0, 0.05) is 12.4 Å². The quantitative estimate of drug-likeness (QED) is 0.801. The Morgan fingerprint density at radius 3 is 2.70 bits per heavy atom. The summed E-state index contributed by atoms with van der Waals surface area (Å²) in [6.45, 7) is 3.88. The van der Waals surface area contributed by atoms with Gasteiger partial charge in [-0.25, -0.2) is 4.68 Å². The second kappa shape index (κ2) is 5.49. The molecule has 0 unspecified atom stereocenters. The van der Waals surface area contributed by atoms with Crippen molar-refractivity contribution in [2.45, 2.75) is 26.3 Å². The van der Waals surface area contributed by atoms with Gasteiger partial charge in [-0.3, -0.25) is 9.59 Å². The molecular formula is C14H16BN3O2. The van der Waals surface area contributed by atoms with Gasteiger partial charge >= 0.3 is 0 Å².